The van der Waals surface area contributed by atoms with Crippen molar-refractivity contribution in [1.82, 2.24) is 5.32 Å². The second-order valence-electron chi connectivity index (χ2n) is 5.06. The molecule has 2 nitrogen and oxygen atoms in total. The molecule has 2 aliphatic rings. The fraction of sp³-hybridized carbons (Fsp3) is 0.500. The zero-order valence-corrected chi connectivity index (χ0v) is 11.2. The van der Waals surface area contributed by atoms with Gasteiger partial charge in [-0.25, -0.2) is 0 Å². The molecule has 0 aromatic heterocycles. The zero-order valence-electron chi connectivity index (χ0n) is 9.57. The second kappa shape index (κ2) is 4.03. The SMILES string of the molecule is N#CNC1(c2ccccc2)[C@@H]2CCC[C@H]1C2Br. The predicted octanol–water partition coefficient (Wildman–Crippen LogP) is 3.15. The average Bonchev–Trinajstić information content (AvgIpc) is 2.40. The van der Waals surface area contributed by atoms with Crippen molar-refractivity contribution < 1.29 is 0 Å². The van der Waals surface area contributed by atoms with Crippen LogP contribution >= 0.6 is 15.9 Å². The molecule has 2 fully saturated rings. The maximum absolute atomic E-state index is 9.09. The van der Waals surface area contributed by atoms with Crippen molar-refractivity contribution in [2.75, 3.05) is 0 Å². The Labute approximate surface area is 110 Å². The highest BCUT2D eigenvalue weighted by Crippen LogP contribution is 2.61. The topological polar surface area (TPSA) is 35.8 Å². The molecular weight excluding hydrogens is 276 g/mol. The molecule has 2 unspecified atom stereocenters. The van der Waals surface area contributed by atoms with E-state index in [0.717, 1.165) is 0 Å². The highest BCUT2D eigenvalue weighted by molar-refractivity contribution is 9.09. The van der Waals surface area contributed by atoms with Crippen molar-refractivity contribution in [2.24, 2.45) is 11.8 Å². The van der Waals surface area contributed by atoms with Gasteiger partial charge < -0.3 is 5.32 Å². The number of nitrogens with zero attached hydrogens (tertiary/aromatic N) is 1. The van der Waals surface area contributed by atoms with Crippen molar-refractivity contribution >= 4 is 15.9 Å². The van der Waals surface area contributed by atoms with Crippen LogP contribution in [0.15, 0.2) is 30.3 Å². The van der Waals surface area contributed by atoms with Crippen molar-refractivity contribution in [3.8, 4) is 6.19 Å². The highest BCUT2D eigenvalue weighted by atomic mass is 79.9. The Balaban J connectivity index is 2.04. The summed E-state index contributed by atoms with van der Waals surface area (Å²) in [6.07, 6.45) is 5.89. The van der Waals surface area contributed by atoms with Crippen LogP contribution in [0.5, 0.6) is 0 Å². The predicted molar refractivity (Wildman–Crippen MR) is 70.4 cm³/mol. The summed E-state index contributed by atoms with van der Waals surface area (Å²) in [5.41, 5.74) is 1.16. The van der Waals surface area contributed by atoms with Gasteiger partial charge in [0.15, 0.2) is 6.19 Å². The molecule has 88 valence electrons. The lowest BCUT2D eigenvalue weighted by molar-refractivity contribution is -0.0271. The molecule has 4 atom stereocenters. The van der Waals surface area contributed by atoms with Crippen LogP contribution in [-0.4, -0.2) is 4.83 Å². The minimum absolute atomic E-state index is 0.109. The van der Waals surface area contributed by atoms with Crippen LogP contribution in [0.25, 0.3) is 0 Å². The first-order valence-corrected chi connectivity index (χ1v) is 7.08. The number of nitriles is 1. The van der Waals surface area contributed by atoms with Gasteiger partial charge in [-0.15, -0.1) is 0 Å². The highest BCUT2D eigenvalue weighted by Gasteiger charge is 2.63. The van der Waals surface area contributed by atoms with Crippen LogP contribution < -0.4 is 5.32 Å². The van der Waals surface area contributed by atoms with Crippen molar-refractivity contribution in [3.63, 3.8) is 0 Å². The third-order valence-electron chi connectivity index (χ3n) is 4.48. The number of benzene rings is 1. The van der Waals surface area contributed by atoms with E-state index < -0.39 is 0 Å². The third-order valence-corrected chi connectivity index (χ3v) is 5.76. The minimum atomic E-state index is -0.109. The Morgan fingerprint density at radius 1 is 1.24 bits per heavy atom. The van der Waals surface area contributed by atoms with Crippen LogP contribution in [0.1, 0.15) is 24.8 Å². The Bertz CT molecular complexity index is 439. The molecule has 0 radical (unpaired) electrons. The fourth-order valence-electron chi connectivity index (χ4n) is 3.76. The van der Waals surface area contributed by atoms with E-state index in [-0.39, 0.29) is 5.54 Å². The molecule has 3 rings (SSSR count). The van der Waals surface area contributed by atoms with Crippen LogP contribution in [-0.2, 0) is 5.54 Å². The van der Waals surface area contributed by atoms with Gasteiger partial charge in [0.05, 0.1) is 5.54 Å². The van der Waals surface area contributed by atoms with E-state index in [4.69, 9.17) is 5.26 Å². The normalized spacial score (nSPS) is 38.9. The van der Waals surface area contributed by atoms with E-state index in [1.807, 2.05) is 6.07 Å². The summed E-state index contributed by atoms with van der Waals surface area (Å²) in [6, 6.07) is 10.5. The number of alkyl halides is 1. The maximum atomic E-state index is 9.09. The molecule has 0 heterocycles. The van der Waals surface area contributed by atoms with Crippen LogP contribution in [0.4, 0.5) is 0 Å². The summed E-state index contributed by atoms with van der Waals surface area (Å²) in [6.45, 7) is 0. The molecule has 0 amide bonds. The number of halogens is 1. The Morgan fingerprint density at radius 3 is 2.41 bits per heavy atom. The number of nitrogens with one attached hydrogen (secondary N) is 1. The molecule has 2 aliphatic carbocycles. The molecule has 1 N–H and O–H groups in total. The van der Waals surface area contributed by atoms with Gasteiger partial charge in [-0.3, -0.25) is 0 Å². The summed E-state index contributed by atoms with van der Waals surface area (Å²) in [7, 11) is 0. The monoisotopic (exact) mass is 290 g/mol. The fourth-order valence-corrected chi connectivity index (χ4v) is 5.13. The van der Waals surface area contributed by atoms with E-state index in [1.165, 1.54) is 24.8 Å². The summed E-state index contributed by atoms with van der Waals surface area (Å²) < 4.78 is 0. The Kier molecular flexibility index (Phi) is 2.63. The van der Waals surface area contributed by atoms with Gasteiger partial charge in [0.1, 0.15) is 0 Å². The van der Waals surface area contributed by atoms with Crippen molar-refractivity contribution in [1.29, 1.82) is 5.26 Å². The first kappa shape index (κ1) is 11.1. The van der Waals surface area contributed by atoms with Crippen molar-refractivity contribution in [2.45, 2.75) is 29.6 Å². The maximum Gasteiger partial charge on any atom is 0.177 e. The summed E-state index contributed by atoms with van der Waals surface area (Å²) in [5, 5.41) is 12.2. The van der Waals surface area contributed by atoms with Gasteiger partial charge in [0.25, 0.3) is 0 Å². The number of hydrogen-bond acceptors (Lipinski definition) is 2. The standard InChI is InChI=1S/C14H15BrN2/c15-13-11-7-4-8-12(13)14(11,17-9-16)10-5-2-1-3-6-10/h1-3,5-6,11-13,17H,4,7-8H2/t11-,12+,13?,14?. The van der Waals surface area contributed by atoms with Crippen LogP contribution in [0, 0.1) is 23.3 Å². The molecule has 0 spiro atoms. The van der Waals surface area contributed by atoms with Gasteiger partial charge >= 0.3 is 0 Å². The molecule has 0 saturated heterocycles. The third kappa shape index (κ3) is 1.37. The number of hydrogen-bond donors (Lipinski definition) is 1. The first-order valence-electron chi connectivity index (χ1n) is 6.16. The Hall–Kier alpha value is -1.01. The van der Waals surface area contributed by atoms with Gasteiger partial charge in [0.2, 0.25) is 0 Å². The van der Waals surface area contributed by atoms with E-state index in [9.17, 15) is 0 Å². The van der Waals surface area contributed by atoms with Gasteiger partial charge in [-0.05, 0) is 30.2 Å². The number of fused-ring (bicyclic) bond motifs is 2. The molecule has 17 heavy (non-hydrogen) atoms. The molecule has 2 saturated carbocycles. The molecule has 1 aromatic carbocycles. The lowest BCUT2D eigenvalue weighted by Gasteiger charge is -2.62. The van der Waals surface area contributed by atoms with Crippen LogP contribution in [0.3, 0.4) is 0 Å². The summed E-state index contributed by atoms with van der Waals surface area (Å²) in [5.74, 6) is 1.09. The Morgan fingerprint density at radius 2 is 1.88 bits per heavy atom. The average molecular weight is 291 g/mol. The summed E-state index contributed by atoms with van der Waals surface area (Å²) >= 11 is 3.80. The van der Waals surface area contributed by atoms with E-state index in [0.29, 0.717) is 16.7 Å². The summed E-state index contributed by atoms with van der Waals surface area (Å²) in [4.78, 5) is 0.567. The van der Waals surface area contributed by atoms with Gasteiger partial charge in [-0.1, -0.05) is 52.7 Å². The molecule has 2 bridgehead atoms. The zero-order chi connectivity index (χ0) is 11.9. The quantitative estimate of drug-likeness (QED) is 0.516. The lowest BCUT2D eigenvalue weighted by atomic mass is 9.49. The second-order valence-corrected chi connectivity index (χ2v) is 6.12. The van der Waals surface area contributed by atoms with E-state index in [1.54, 1.807) is 0 Å². The minimum Gasteiger partial charge on any atom is -0.313 e. The van der Waals surface area contributed by atoms with E-state index >= 15 is 0 Å². The lowest BCUT2D eigenvalue weighted by Crippen LogP contribution is -2.69. The smallest absolute Gasteiger partial charge is 0.177 e. The van der Waals surface area contributed by atoms with Crippen LogP contribution in [0.2, 0.25) is 0 Å². The molecule has 3 heteroatoms. The first-order chi connectivity index (χ1) is 8.30. The largest absolute Gasteiger partial charge is 0.313 e. The molecular formula is C14H15BrN2. The number of rotatable bonds is 2. The van der Waals surface area contributed by atoms with Crippen molar-refractivity contribution in [3.05, 3.63) is 35.9 Å². The van der Waals surface area contributed by atoms with E-state index in [2.05, 4.69) is 51.7 Å². The molecule has 1 aromatic rings. The molecule has 0 aliphatic heterocycles. The van der Waals surface area contributed by atoms with Gasteiger partial charge in [-0.2, -0.15) is 5.26 Å². The van der Waals surface area contributed by atoms with Gasteiger partial charge in [0, 0.05) is 4.83 Å².